The molecular weight excluding hydrogens is 457 g/mol. The number of nitriles is 1. The molecule has 1 unspecified atom stereocenters. The van der Waals surface area contributed by atoms with Gasteiger partial charge in [0, 0.05) is 30.3 Å². The number of rotatable bonds is 4. The highest BCUT2D eigenvalue weighted by Gasteiger charge is 2.39. The first kappa shape index (κ1) is 22.9. The lowest BCUT2D eigenvalue weighted by molar-refractivity contribution is -0.137. The Labute approximate surface area is 181 Å². The van der Waals surface area contributed by atoms with Gasteiger partial charge in [0.25, 0.3) is 0 Å². The molecule has 0 saturated carbocycles. The van der Waals surface area contributed by atoms with E-state index in [1.54, 1.807) is 0 Å². The fourth-order valence-electron chi connectivity index (χ4n) is 3.33. The number of carbonyl (C=O) groups is 1. The largest absolute Gasteiger partial charge is 0.417 e. The van der Waals surface area contributed by atoms with Crippen LogP contribution >= 0.6 is 11.6 Å². The van der Waals surface area contributed by atoms with Gasteiger partial charge in [-0.05, 0) is 42.5 Å². The summed E-state index contributed by atoms with van der Waals surface area (Å²) in [6.07, 6.45) is -4.77. The first-order valence-corrected chi connectivity index (χ1v) is 10.7. The summed E-state index contributed by atoms with van der Waals surface area (Å²) in [6.45, 7) is -0.513. The topological polar surface area (TPSA) is 108 Å². The van der Waals surface area contributed by atoms with Crippen LogP contribution in [0.4, 0.5) is 18.9 Å². The molecule has 1 aliphatic rings. The molecule has 0 spiro atoms. The van der Waals surface area contributed by atoms with Gasteiger partial charge in [-0.3, -0.25) is 4.79 Å². The Morgan fingerprint density at radius 2 is 1.81 bits per heavy atom. The normalized spacial score (nSPS) is 17.9. The van der Waals surface area contributed by atoms with E-state index in [9.17, 15) is 26.4 Å². The molecule has 1 amide bonds. The number of anilines is 1. The Bertz CT molecular complexity index is 1150. The second-order valence-corrected chi connectivity index (χ2v) is 9.14. The molecule has 1 heterocycles. The third kappa shape index (κ3) is 4.61. The Balaban J connectivity index is 1.94. The first-order valence-electron chi connectivity index (χ1n) is 8.88. The third-order valence-corrected chi connectivity index (χ3v) is 7.01. The number of carbonyl (C=O) groups excluding carboxylic acids is 1. The van der Waals surface area contributed by atoms with Crippen molar-refractivity contribution in [3.05, 3.63) is 58.6 Å². The minimum absolute atomic E-state index is 0.0127. The number of nitrogens with two attached hydrogens (primary N) is 1. The number of benzene rings is 2. The number of nitrogens with zero attached hydrogens (tertiary/aromatic N) is 3. The lowest BCUT2D eigenvalue weighted by Gasteiger charge is -2.40. The second-order valence-electron chi connectivity index (χ2n) is 6.77. The molecule has 12 heteroatoms. The number of hydrogen-bond donors (Lipinski definition) is 1. The summed E-state index contributed by atoms with van der Waals surface area (Å²) >= 11 is 5.79. The van der Waals surface area contributed by atoms with Gasteiger partial charge in [-0.1, -0.05) is 11.6 Å². The van der Waals surface area contributed by atoms with Crippen LogP contribution in [0, 0.1) is 11.3 Å². The highest BCUT2D eigenvalue weighted by atomic mass is 35.5. The molecule has 2 aromatic rings. The smallest absolute Gasteiger partial charge is 0.368 e. The van der Waals surface area contributed by atoms with Crippen molar-refractivity contribution < 1.29 is 26.4 Å². The van der Waals surface area contributed by atoms with Crippen LogP contribution < -0.4 is 10.6 Å². The van der Waals surface area contributed by atoms with Gasteiger partial charge in [0.15, 0.2) is 0 Å². The number of halogens is 4. The molecule has 2 aromatic carbocycles. The summed E-state index contributed by atoms with van der Waals surface area (Å²) in [7, 11) is -3.98. The predicted octanol–water partition coefficient (Wildman–Crippen LogP) is 2.60. The van der Waals surface area contributed by atoms with Crippen molar-refractivity contribution in [1.82, 2.24) is 4.31 Å². The number of alkyl halides is 3. The average molecular weight is 473 g/mol. The van der Waals surface area contributed by atoms with E-state index in [0.717, 1.165) is 16.4 Å². The molecule has 0 aromatic heterocycles. The van der Waals surface area contributed by atoms with Gasteiger partial charge in [-0.25, -0.2) is 8.42 Å². The number of piperazine rings is 1. The van der Waals surface area contributed by atoms with Gasteiger partial charge in [0.1, 0.15) is 6.04 Å². The number of hydrogen-bond acceptors (Lipinski definition) is 5. The van der Waals surface area contributed by atoms with Crippen molar-refractivity contribution in [1.29, 1.82) is 5.26 Å². The molecule has 0 radical (unpaired) electrons. The summed E-state index contributed by atoms with van der Waals surface area (Å²) in [5.74, 6) is -0.895. The summed E-state index contributed by atoms with van der Waals surface area (Å²) < 4.78 is 66.8. The fourth-order valence-corrected chi connectivity index (χ4v) is 4.89. The Kier molecular flexibility index (Phi) is 6.18. The molecule has 0 bridgehead atoms. The van der Waals surface area contributed by atoms with Crippen molar-refractivity contribution in [2.24, 2.45) is 5.73 Å². The van der Waals surface area contributed by atoms with E-state index >= 15 is 0 Å². The monoisotopic (exact) mass is 472 g/mol. The third-order valence-electron chi connectivity index (χ3n) is 4.88. The molecule has 31 heavy (non-hydrogen) atoms. The van der Waals surface area contributed by atoms with Gasteiger partial charge in [0.05, 0.1) is 22.1 Å². The standard InChI is InChI=1S/C19H16ClF3N4O3S/c20-13-2-5-15(6-3-13)31(29,30)26-7-8-27(17(11-26)18(25)28)14-4-1-12(10-24)16(9-14)19(21,22)23/h1-6,9,17H,7-8,11H2,(H2,25,28). The SMILES string of the molecule is N#Cc1ccc(N2CCN(S(=O)(=O)c3ccc(Cl)cc3)CC2C(N)=O)cc1C(F)(F)F. The van der Waals surface area contributed by atoms with Crippen LogP contribution in [-0.4, -0.2) is 44.3 Å². The number of primary amides is 1. The highest BCUT2D eigenvalue weighted by Crippen LogP contribution is 2.35. The molecule has 2 N–H and O–H groups in total. The van der Waals surface area contributed by atoms with Crippen LogP contribution in [0.2, 0.25) is 5.02 Å². The van der Waals surface area contributed by atoms with Crippen LogP contribution in [0.3, 0.4) is 0 Å². The number of sulfonamides is 1. The number of amides is 1. The van der Waals surface area contributed by atoms with E-state index in [-0.39, 0.29) is 30.2 Å². The van der Waals surface area contributed by atoms with E-state index in [1.807, 2.05) is 0 Å². The van der Waals surface area contributed by atoms with Gasteiger partial charge in [-0.15, -0.1) is 0 Å². The van der Waals surface area contributed by atoms with Gasteiger partial charge >= 0.3 is 6.18 Å². The molecular formula is C19H16ClF3N4O3S. The molecule has 1 atom stereocenters. The van der Waals surface area contributed by atoms with E-state index in [2.05, 4.69) is 0 Å². The Hall–Kier alpha value is -2.81. The predicted molar refractivity (Wildman–Crippen MR) is 107 cm³/mol. The summed E-state index contributed by atoms with van der Waals surface area (Å²) in [5, 5.41) is 9.30. The lowest BCUT2D eigenvalue weighted by atomic mass is 10.0. The summed E-state index contributed by atoms with van der Waals surface area (Å²) in [6, 6.07) is 8.78. The summed E-state index contributed by atoms with van der Waals surface area (Å²) in [4.78, 5) is 13.3. The second kappa shape index (κ2) is 8.37. The molecule has 3 rings (SSSR count). The van der Waals surface area contributed by atoms with E-state index < -0.39 is 39.3 Å². The maximum Gasteiger partial charge on any atom is 0.417 e. The molecule has 7 nitrogen and oxygen atoms in total. The maximum absolute atomic E-state index is 13.3. The van der Waals surface area contributed by atoms with Crippen LogP contribution in [0.25, 0.3) is 0 Å². The average Bonchev–Trinajstić information content (AvgIpc) is 2.72. The fraction of sp³-hybridized carbons (Fsp3) is 0.263. The van der Waals surface area contributed by atoms with Crippen LogP contribution in [0.1, 0.15) is 11.1 Å². The quantitative estimate of drug-likeness (QED) is 0.736. The van der Waals surface area contributed by atoms with Crippen LogP contribution in [-0.2, 0) is 21.0 Å². The van der Waals surface area contributed by atoms with Gasteiger partial charge < -0.3 is 10.6 Å². The summed E-state index contributed by atoms with van der Waals surface area (Å²) in [5.41, 5.74) is 3.75. The van der Waals surface area contributed by atoms with Crippen molar-refractivity contribution in [3.63, 3.8) is 0 Å². The Morgan fingerprint density at radius 1 is 1.16 bits per heavy atom. The molecule has 164 valence electrons. The molecule has 0 aliphatic carbocycles. The Morgan fingerprint density at radius 3 is 2.35 bits per heavy atom. The van der Waals surface area contributed by atoms with Crippen molar-refractivity contribution in [3.8, 4) is 6.07 Å². The molecule has 1 fully saturated rings. The van der Waals surface area contributed by atoms with E-state index in [4.69, 9.17) is 22.6 Å². The zero-order valence-corrected chi connectivity index (χ0v) is 17.4. The zero-order chi connectivity index (χ0) is 23.0. The van der Waals surface area contributed by atoms with E-state index in [0.29, 0.717) is 5.02 Å². The molecule has 1 aliphatic heterocycles. The van der Waals surface area contributed by atoms with Crippen LogP contribution in [0.5, 0.6) is 0 Å². The van der Waals surface area contributed by atoms with Gasteiger partial charge in [-0.2, -0.15) is 22.7 Å². The van der Waals surface area contributed by atoms with Crippen molar-refractivity contribution in [2.75, 3.05) is 24.5 Å². The lowest BCUT2D eigenvalue weighted by Crippen LogP contribution is -2.59. The zero-order valence-electron chi connectivity index (χ0n) is 15.8. The van der Waals surface area contributed by atoms with Gasteiger partial charge in [0.2, 0.25) is 15.9 Å². The highest BCUT2D eigenvalue weighted by molar-refractivity contribution is 7.89. The maximum atomic E-state index is 13.3. The first-order chi connectivity index (χ1) is 14.4. The van der Waals surface area contributed by atoms with E-state index in [1.165, 1.54) is 41.3 Å². The van der Waals surface area contributed by atoms with Crippen molar-refractivity contribution in [2.45, 2.75) is 17.1 Å². The minimum Gasteiger partial charge on any atom is -0.368 e. The molecule has 1 saturated heterocycles. The van der Waals surface area contributed by atoms with Crippen molar-refractivity contribution >= 4 is 33.2 Å². The van der Waals surface area contributed by atoms with Crippen LogP contribution in [0.15, 0.2) is 47.4 Å². The minimum atomic E-state index is -4.77.